The van der Waals surface area contributed by atoms with Crippen molar-refractivity contribution in [2.45, 2.75) is 113 Å². The Morgan fingerprint density at radius 1 is 0.954 bits per heavy atom. The van der Waals surface area contributed by atoms with Crippen molar-refractivity contribution in [3.8, 4) is 23.0 Å². The van der Waals surface area contributed by atoms with Crippen LogP contribution in [0, 0.1) is 11.7 Å². The zero-order valence-corrected chi connectivity index (χ0v) is 37.2. The molecule has 340 valence electrons. The molecular weight excluding hydrogens is 856 g/mol. The van der Waals surface area contributed by atoms with Gasteiger partial charge in [-0.2, -0.15) is 4.98 Å². The molecule has 2 aliphatic heterocycles. The lowest BCUT2D eigenvalue weighted by Crippen LogP contribution is -2.58. The number of sulfonamides is 1. The molecule has 0 bridgehead atoms. The molecule has 3 N–H and O–H groups in total. The largest absolute Gasteiger partial charge is 0.470 e. The van der Waals surface area contributed by atoms with Gasteiger partial charge in [0.1, 0.15) is 46.4 Å². The normalized spacial score (nSPS) is 24.0. The van der Waals surface area contributed by atoms with Crippen LogP contribution < -0.4 is 24.8 Å². The molecule has 3 aromatic carbocycles. The highest BCUT2D eigenvalue weighted by atomic mass is 32.2. The van der Waals surface area contributed by atoms with Crippen LogP contribution >= 0.6 is 0 Å². The summed E-state index contributed by atoms with van der Waals surface area (Å²) in [5, 5.41) is 5.62. The van der Waals surface area contributed by atoms with Crippen molar-refractivity contribution >= 4 is 55.9 Å². The molecule has 1 saturated heterocycles. The molecule has 4 heterocycles. The lowest BCUT2D eigenvalue weighted by atomic mass is 9.87. The van der Waals surface area contributed by atoms with Gasteiger partial charge in [0.25, 0.3) is 11.8 Å². The number of hydrogen-bond donors (Lipinski definition) is 3. The van der Waals surface area contributed by atoms with Gasteiger partial charge in [-0.05, 0) is 85.9 Å². The summed E-state index contributed by atoms with van der Waals surface area (Å²) in [6.07, 6.45) is 5.71. The number of allylic oxidation sites excluding steroid dienone is 1. The zero-order valence-electron chi connectivity index (χ0n) is 36.3. The lowest BCUT2D eigenvalue weighted by Gasteiger charge is -2.29. The highest BCUT2D eigenvalue weighted by Gasteiger charge is 2.62. The first-order valence-electron chi connectivity index (χ1n) is 22.1. The fourth-order valence-corrected chi connectivity index (χ4v) is 10.0. The first-order valence-corrected chi connectivity index (χ1v) is 23.7. The van der Waals surface area contributed by atoms with E-state index < -0.39 is 74.5 Å². The summed E-state index contributed by atoms with van der Waals surface area (Å²) in [4.78, 5) is 67.9. The summed E-state index contributed by atoms with van der Waals surface area (Å²) in [5.41, 5.74) is 1.51. The van der Waals surface area contributed by atoms with E-state index in [0.717, 1.165) is 35.1 Å². The van der Waals surface area contributed by atoms with Crippen LogP contribution in [0.2, 0.25) is 0 Å². The van der Waals surface area contributed by atoms with Crippen LogP contribution in [0.4, 0.5) is 9.18 Å². The molecule has 2 saturated carbocycles. The molecule has 9 rings (SSSR count). The van der Waals surface area contributed by atoms with Crippen molar-refractivity contribution in [1.82, 2.24) is 30.2 Å². The molecule has 4 amide bonds. The van der Waals surface area contributed by atoms with Gasteiger partial charge in [0, 0.05) is 23.3 Å². The number of fused-ring (bicyclic) bond motifs is 5. The minimum Gasteiger partial charge on any atom is -0.470 e. The van der Waals surface area contributed by atoms with Gasteiger partial charge in [0.05, 0.1) is 11.8 Å². The number of nitrogens with zero attached hydrogens (tertiary/aromatic N) is 3. The Morgan fingerprint density at radius 3 is 2.45 bits per heavy atom. The van der Waals surface area contributed by atoms with Crippen LogP contribution in [0.5, 0.6) is 11.6 Å². The topological polar surface area (TPSA) is 199 Å². The Morgan fingerprint density at radius 2 is 1.71 bits per heavy atom. The number of hydrogen-bond acceptors (Lipinski definition) is 11. The van der Waals surface area contributed by atoms with E-state index in [4.69, 9.17) is 23.9 Å². The van der Waals surface area contributed by atoms with Gasteiger partial charge in [-0.1, -0.05) is 82.2 Å². The van der Waals surface area contributed by atoms with Crippen molar-refractivity contribution in [1.29, 1.82) is 0 Å². The van der Waals surface area contributed by atoms with Gasteiger partial charge in [0.15, 0.2) is 5.82 Å². The van der Waals surface area contributed by atoms with E-state index >= 15 is 0 Å². The number of furan rings is 1. The van der Waals surface area contributed by atoms with Gasteiger partial charge in [-0.3, -0.25) is 19.1 Å². The maximum absolute atomic E-state index is 14.8. The molecule has 5 aromatic rings. The van der Waals surface area contributed by atoms with Gasteiger partial charge in [0.2, 0.25) is 27.4 Å². The summed E-state index contributed by atoms with van der Waals surface area (Å²) < 4.78 is 60.2. The molecule has 17 heteroatoms. The summed E-state index contributed by atoms with van der Waals surface area (Å²) in [7, 11) is -3.96. The number of para-hydroxylation sites is 1. The van der Waals surface area contributed by atoms with Gasteiger partial charge < -0.3 is 29.4 Å². The molecule has 0 radical (unpaired) electrons. The number of amides is 4. The highest BCUT2D eigenvalue weighted by Crippen LogP contribution is 2.46. The maximum atomic E-state index is 14.8. The number of benzene rings is 3. The summed E-state index contributed by atoms with van der Waals surface area (Å²) in [6.45, 7) is 6.24. The molecule has 2 aromatic heterocycles. The van der Waals surface area contributed by atoms with Crippen molar-refractivity contribution in [3.05, 3.63) is 96.3 Å². The van der Waals surface area contributed by atoms with Crippen LogP contribution in [0.1, 0.15) is 84.1 Å². The van der Waals surface area contributed by atoms with Crippen molar-refractivity contribution in [3.63, 3.8) is 0 Å². The Kier molecular flexibility index (Phi) is 11.6. The minimum atomic E-state index is -3.96. The third-order valence-electron chi connectivity index (χ3n) is 12.6. The van der Waals surface area contributed by atoms with E-state index in [0.29, 0.717) is 49.0 Å². The Labute approximate surface area is 375 Å². The van der Waals surface area contributed by atoms with E-state index in [1.165, 1.54) is 17.0 Å². The van der Waals surface area contributed by atoms with Gasteiger partial charge >= 0.3 is 6.09 Å². The fraction of sp³-hybridized carbons (Fsp3) is 0.417. The fourth-order valence-electron chi connectivity index (χ4n) is 8.68. The molecule has 3 fully saturated rings. The van der Waals surface area contributed by atoms with Crippen LogP contribution in [0.15, 0.2) is 89.4 Å². The van der Waals surface area contributed by atoms with Crippen LogP contribution in [0.25, 0.3) is 33.5 Å². The molecule has 15 nitrogen and oxygen atoms in total. The van der Waals surface area contributed by atoms with E-state index in [2.05, 4.69) is 36.1 Å². The summed E-state index contributed by atoms with van der Waals surface area (Å²) >= 11 is 0. The van der Waals surface area contributed by atoms with E-state index in [1.807, 2.05) is 60.7 Å². The first-order chi connectivity index (χ1) is 31.1. The van der Waals surface area contributed by atoms with E-state index in [1.54, 1.807) is 0 Å². The monoisotopic (exact) mass is 906 g/mol. The zero-order chi connectivity index (χ0) is 45.7. The molecular formula is C48H51FN6O9S. The van der Waals surface area contributed by atoms with Crippen molar-refractivity contribution < 1.29 is 45.9 Å². The smallest absolute Gasteiger partial charge is 0.413 e. The minimum absolute atomic E-state index is 0.0599. The molecule has 4 aliphatic rings. The number of ether oxygens (including phenoxy) is 2. The Bertz CT molecular complexity index is 2800. The molecule has 0 spiro atoms. The predicted octanol–water partition coefficient (Wildman–Crippen LogP) is 6.99. The summed E-state index contributed by atoms with van der Waals surface area (Å²) in [5.74, 6) is -2.62. The molecule has 0 unspecified atom stereocenters. The van der Waals surface area contributed by atoms with Gasteiger partial charge in [-0.15, -0.1) is 0 Å². The quantitative estimate of drug-likeness (QED) is 0.136. The number of carbonyl (C=O) groups excluding carboxylic acids is 4. The standard InChI is InChI=1S/C48H51FN6O9S/c1-47(2,3)29-17-15-28(16-18-29)41-51-39-35-12-9-10-14-38(35)64-40(39)43(52-41)62-33-25-37-42(56)53-48(45(58)54-65(60,61)34-23-24-34)26-30(48)11-7-5-4-6-8-13-36(44(57)55(37)27-33)50-46(59)63-32-21-19-31(49)20-22-32/h7,9-12,14-22,30,33-34,36-37H,4-6,8,13,23-27H2,1-3H3,(H,50,59)(H,53,56)(H,54,58)/t30-,33-,36+,37+,48-/m1/s1. The number of nitrogens with one attached hydrogen (secondary N) is 3. The second kappa shape index (κ2) is 17.2. The second-order valence-electron chi connectivity index (χ2n) is 18.5. The third kappa shape index (κ3) is 9.28. The Balaban J connectivity index is 1.06. The molecule has 2 aliphatic carbocycles. The average molecular weight is 907 g/mol. The van der Waals surface area contributed by atoms with Crippen LogP contribution in [-0.4, -0.2) is 82.6 Å². The van der Waals surface area contributed by atoms with E-state index in [-0.39, 0.29) is 48.4 Å². The number of halogens is 1. The maximum Gasteiger partial charge on any atom is 0.413 e. The first kappa shape index (κ1) is 43.9. The molecule has 5 atom stereocenters. The highest BCUT2D eigenvalue weighted by molar-refractivity contribution is 7.91. The van der Waals surface area contributed by atoms with E-state index in [9.17, 15) is 32.0 Å². The van der Waals surface area contributed by atoms with Gasteiger partial charge in [-0.25, -0.2) is 22.6 Å². The van der Waals surface area contributed by atoms with Crippen LogP contribution in [0.3, 0.4) is 0 Å². The number of aromatic nitrogens is 2. The Hall–Kier alpha value is -6.36. The second-order valence-corrected chi connectivity index (χ2v) is 20.5. The third-order valence-corrected chi connectivity index (χ3v) is 14.5. The SMILES string of the molecule is CC(C)(C)c1ccc(-c2nc(O[C@@H]3C[C@H]4C(=O)N[C@]5(C(=O)NS(=O)(=O)C6CC6)C[C@H]5C=CCCCCC[C@H](NC(=O)Oc5ccc(F)cc5)C(=O)N4C3)c3oc4ccccc4c3n2)cc1. The number of rotatable bonds is 8. The predicted molar refractivity (Wildman–Crippen MR) is 239 cm³/mol. The lowest BCUT2D eigenvalue weighted by molar-refractivity contribution is -0.141. The van der Waals surface area contributed by atoms with Crippen LogP contribution in [-0.2, 0) is 29.8 Å². The summed E-state index contributed by atoms with van der Waals surface area (Å²) in [6, 6.07) is 17.8. The number of carbonyl (C=O) groups is 4. The molecule has 65 heavy (non-hydrogen) atoms. The van der Waals surface area contributed by atoms with Crippen molar-refractivity contribution in [2.75, 3.05) is 6.54 Å². The van der Waals surface area contributed by atoms with Crippen molar-refractivity contribution in [2.24, 2.45) is 5.92 Å². The average Bonchev–Trinajstić information content (AvgIpc) is 4.17.